The summed E-state index contributed by atoms with van der Waals surface area (Å²) < 4.78 is 13.8. The number of fused-ring (bicyclic) bond motifs is 2. The second-order valence-corrected chi connectivity index (χ2v) is 12.5. The first-order chi connectivity index (χ1) is 21.5. The lowest BCUT2D eigenvalue weighted by Gasteiger charge is -2.22. The van der Waals surface area contributed by atoms with E-state index in [1.54, 1.807) is 12.7 Å². The van der Waals surface area contributed by atoms with E-state index in [1.807, 2.05) is 92.8 Å². The standard InChI is InChI=1S/C35H34N8O2/c1-35(2,3)45-34(44)12-29(30-19-42(17-25-15-40(4)21-38-25)32-10-23(13-36)6-8-27(30)32)31-20-43(18-26-16-41(5)22-39-26)33-11-24(14-37)7-9-28(31)33/h6-11,15-16,19-22,29H,12,17-18H2,1-5H3. The summed E-state index contributed by atoms with van der Waals surface area (Å²) in [6, 6.07) is 15.8. The average molecular weight is 599 g/mol. The Morgan fingerprint density at radius 3 is 1.64 bits per heavy atom. The van der Waals surface area contributed by atoms with Gasteiger partial charge in [0, 0.05) is 66.6 Å². The van der Waals surface area contributed by atoms with Crippen LogP contribution in [0.15, 0.2) is 73.8 Å². The molecule has 6 rings (SSSR count). The fraction of sp³-hybridized carbons (Fsp3) is 0.286. The van der Waals surface area contributed by atoms with Gasteiger partial charge in [-0.2, -0.15) is 10.5 Å². The Morgan fingerprint density at radius 1 is 0.800 bits per heavy atom. The molecular weight excluding hydrogens is 564 g/mol. The molecule has 0 saturated carbocycles. The van der Waals surface area contributed by atoms with Gasteiger partial charge in [0.05, 0.1) is 66.8 Å². The van der Waals surface area contributed by atoms with Crippen molar-refractivity contribution in [3.63, 3.8) is 0 Å². The number of hydrogen-bond acceptors (Lipinski definition) is 6. The number of ether oxygens (including phenoxy) is 1. The number of benzene rings is 2. The van der Waals surface area contributed by atoms with E-state index in [-0.39, 0.29) is 18.3 Å². The van der Waals surface area contributed by atoms with Crippen LogP contribution in [0.4, 0.5) is 0 Å². The van der Waals surface area contributed by atoms with Crippen LogP contribution in [0.25, 0.3) is 21.8 Å². The topological polar surface area (TPSA) is 119 Å². The molecule has 0 atom stereocenters. The summed E-state index contributed by atoms with van der Waals surface area (Å²) in [7, 11) is 3.86. The third kappa shape index (κ3) is 6.09. The summed E-state index contributed by atoms with van der Waals surface area (Å²) in [5, 5.41) is 21.3. The lowest BCUT2D eigenvalue weighted by Crippen LogP contribution is -2.25. The Morgan fingerprint density at radius 2 is 1.27 bits per heavy atom. The lowest BCUT2D eigenvalue weighted by molar-refractivity contribution is -0.155. The van der Waals surface area contributed by atoms with Gasteiger partial charge in [-0.05, 0) is 56.2 Å². The highest BCUT2D eigenvalue weighted by Crippen LogP contribution is 2.40. The van der Waals surface area contributed by atoms with Crippen molar-refractivity contribution in [1.82, 2.24) is 28.2 Å². The first-order valence-corrected chi connectivity index (χ1v) is 14.7. The van der Waals surface area contributed by atoms with Gasteiger partial charge in [-0.3, -0.25) is 4.79 Å². The maximum atomic E-state index is 13.5. The highest BCUT2D eigenvalue weighted by Gasteiger charge is 2.29. The van der Waals surface area contributed by atoms with E-state index in [0.29, 0.717) is 24.2 Å². The summed E-state index contributed by atoms with van der Waals surface area (Å²) in [4.78, 5) is 22.6. The fourth-order valence-electron chi connectivity index (χ4n) is 5.98. The van der Waals surface area contributed by atoms with Gasteiger partial charge in [-0.15, -0.1) is 0 Å². The van der Waals surface area contributed by atoms with Gasteiger partial charge in [0.25, 0.3) is 0 Å². The Hall–Kier alpha value is -5.61. The van der Waals surface area contributed by atoms with Crippen molar-refractivity contribution in [3.8, 4) is 12.1 Å². The molecule has 10 nitrogen and oxygen atoms in total. The van der Waals surface area contributed by atoms with Crippen LogP contribution in [0.1, 0.15) is 66.8 Å². The third-order valence-electron chi connectivity index (χ3n) is 7.81. The van der Waals surface area contributed by atoms with Gasteiger partial charge in [-0.1, -0.05) is 12.1 Å². The first-order valence-electron chi connectivity index (χ1n) is 14.7. The van der Waals surface area contributed by atoms with Crippen LogP contribution >= 0.6 is 0 Å². The van der Waals surface area contributed by atoms with Crippen molar-refractivity contribution in [2.45, 2.75) is 51.8 Å². The first kappa shape index (κ1) is 29.5. The molecule has 2 aromatic carbocycles. The zero-order valence-corrected chi connectivity index (χ0v) is 26.0. The van der Waals surface area contributed by atoms with E-state index in [4.69, 9.17) is 4.74 Å². The predicted octanol–water partition coefficient (Wildman–Crippen LogP) is 5.77. The van der Waals surface area contributed by atoms with Gasteiger partial charge in [0.2, 0.25) is 0 Å². The Labute approximate surface area is 261 Å². The third-order valence-corrected chi connectivity index (χ3v) is 7.81. The summed E-state index contributed by atoms with van der Waals surface area (Å²) in [6.07, 6.45) is 11.7. The largest absolute Gasteiger partial charge is 0.460 e. The van der Waals surface area contributed by atoms with Gasteiger partial charge < -0.3 is 23.0 Å². The normalized spacial score (nSPS) is 11.7. The Balaban J connectivity index is 1.56. The number of aryl methyl sites for hydroxylation is 2. The molecule has 0 radical (unpaired) electrons. The molecule has 0 N–H and O–H groups in total. The van der Waals surface area contributed by atoms with Crippen LogP contribution < -0.4 is 0 Å². The minimum atomic E-state index is -0.648. The van der Waals surface area contributed by atoms with E-state index < -0.39 is 5.60 Å². The molecule has 0 aliphatic heterocycles. The molecule has 0 aliphatic carbocycles. The summed E-state index contributed by atoms with van der Waals surface area (Å²) in [5.74, 6) is -0.702. The minimum Gasteiger partial charge on any atom is -0.460 e. The molecule has 0 fully saturated rings. The molecule has 0 saturated heterocycles. The zero-order chi connectivity index (χ0) is 31.9. The molecule has 0 aliphatic rings. The number of rotatable bonds is 8. The molecule has 0 unspecified atom stereocenters. The van der Waals surface area contributed by atoms with Gasteiger partial charge in [0.1, 0.15) is 5.60 Å². The summed E-state index contributed by atoms with van der Waals surface area (Å²) >= 11 is 0. The number of hydrogen-bond donors (Lipinski definition) is 0. The fourth-order valence-corrected chi connectivity index (χ4v) is 5.98. The van der Waals surface area contributed by atoms with Crippen LogP contribution in [-0.2, 0) is 36.7 Å². The van der Waals surface area contributed by atoms with Crippen molar-refractivity contribution in [1.29, 1.82) is 10.5 Å². The molecule has 226 valence electrons. The summed E-state index contributed by atoms with van der Waals surface area (Å²) in [6.45, 7) is 6.59. The van der Waals surface area contributed by atoms with Crippen LogP contribution in [0, 0.1) is 22.7 Å². The molecular formula is C35H34N8O2. The molecule has 4 aromatic heterocycles. The van der Waals surface area contributed by atoms with Crippen molar-refractivity contribution < 1.29 is 9.53 Å². The molecule has 0 spiro atoms. The number of carbonyl (C=O) groups is 1. The molecule has 0 bridgehead atoms. The maximum Gasteiger partial charge on any atom is 0.307 e. The van der Waals surface area contributed by atoms with E-state index in [1.165, 1.54) is 0 Å². The lowest BCUT2D eigenvalue weighted by atomic mass is 9.87. The number of aromatic nitrogens is 6. The summed E-state index contributed by atoms with van der Waals surface area (Å²) in [5.41, 5.74) is 5.86. The van der Waals surface area contributed by atoms with Crippen molar-refractivity contribution >= 4 is 27.8 Å². The van der Waals surface area contributed by atoms with E-state index in [2.05, 4.69) is 43.6 Å². The van der Waals surface area contributed by atoms with Crippen LogP contribution in [-0.4, -0.2) is 39.8 Å². The smallest absolute Gasteiger partial charge is 0.307 e. The highest BCUT2D eigenvalue weighted by atomic mass is 16.6. The van der Waals surface area contributed by atoms with E-state index in [9.17, 15) is 15.3 Å². The van der Waals surface area contributed by atoms with Crippen LogP contribution in [0.3, 0.4) is 0 Å². The molecule has 45 heavy (non-hydrogen) atoms. The Bertz CT molecular complexity index is 2000. The van der Waals surface area contributed by atoms with E-state index >= 15 is 0 Å². The van der Waals surface area contributed by atoms with Crippen molar-refractivity contribution in [2.24, 2.45) is 14.1 Å². The number of esters is 1. The van der Waals surface area contributed by atoms with Gasteiger partial charge >= 0.3 is 5.97 Å². The number of imidazole rings is 2. The number of nitriles is 2. The molecule has 10 heteroatoms. The Kier molecular flexibility index (Phi) is 7.51. The van der Waals surface area contributed by atoms with Crippen molar-refractivity contribution in [3.05, 3.63) is 107 Å². The van der Waals surface area contributed by atoms with E-state index in [0.717, 1.165) is 44.3 Å². The van der Waals surface area contributed by atoms with Gasteiger partial charge in [-0.25, -0.2) is 9.97 Å². The average Bonchev–Trinajstić information content (AvgIpc) is 3.77. The molecule has 4 heterocycles. The SMILES string of the molecule is Cn1cnc(Cn2cc(C(CC(=O)OC(C)(C)C)c3cn(Cc4cn(C)cn4)c4cc(C#N)ccc34)c3ccc(C#N)cc32)c1. The number of nitrogens with zero attached hydrogens (tertiary/aromatic N) is 8. The van der Waals surface area contributed by atoms with Crippen LogP contribution in [0.2, 0.25) is 0 Å². The van der Waals surface area contributed by atoms with Crippen LogP contribution in [0.5, 0.6) is 0 Å². The number of carbonyl (C=O) groups excluding carboxylic acids is 1. The second-order valence-electron chi connectivity index (χ2n) is 12.5. The monoisotopic (exact) mass is 598 g/mol. The second kappa shape index (κ2) is 11.5. The zero-order valence-electron chi connectivity index (χ0n) is 26.0. The minimum absolute atomic E-state index is 0.0999. The molecule has 6 aromatic rings. The maximum absolute atomic E-state index is 13.5. The highest BCUT2D eigenvalue weighted by molar-refractivity contribution is 5.91. The van der Waals surface area contributed by atoms with Gasteiger partial charge in [0.15, 0.2) is 0 Å². The molecule has 0 amide bonds. The van der Waals surface area contributed by atoms with Crippen molar-refractivity contribution in [2.75, 3.05) is 0 Å². The quantitative estimate of drug-likeness (QED) is 0.205. The predicted molar refractivity (Wildman–Crippen MR) is 170 cm³/mol.